The van der Waals surface area contributed by atoms with Crippen molar-refractivity contribution in [2.45, 2.75) is 18.9 Å². The third-order valence-corrected chi connectivity index (χ3v) is 3.28. The molecule has 2 heterocycles. The Balaban J connectivity index is 1.89. The first kappa shape index (κ1) is 11.6. The fraction of sp³-hybridized carbons (Fsp3) is 0.333. The van der Waals surface area contributed by atoms with Crippen LogP contribution < -0.4 is 5.32 Å². The molecule has 0 bridgehead atoms. The second kappa shape index (κ2) is 4.66. The van der Waals surface area contributed by atoms with Gasteiger partial charge in [0.2, 0.25) is 11.7 Å². The van der Waals surface area contributed by atoms with E-state index < -0.39 is 5.82 Å². The highest BCUT2D eigenvalue weighted by Crippen LogP contribution is 2.26. The molecular weight excluding hydrogens is 257 g/mol. The van der Waals surface area contributed by atoms with Crippen molar-refractivity contribution in [3.05, 3.63) is 34.9 Å². The summed E-state index contributed by atoms with van der Waals surface area (Å²) in [5.74, 6) is 0.451. The third-order valence-electron chi connectivity index (χ3n) is 2.98. The standard InChI is InChI=1S/C12H11ClFN3O/c13-8-4-3-7(6-9(8)14)11-16-12(18-17-11)10-2-1-5-15-10/h3-4,6,10,15H,1-2,5H2. The van der Waals surface area contributed by atoms with E-state index in [0.717, 1.165) is 19.4 Å². The third kappa shape index (κ3) is 2.11. The largest absolute Gasteiger partial charge is 0.337 e. The Labute approximate surface area is 108 Å². The lowest BCUT2D eigenvalue weighted by Crippen LogP contribution is -2.12. The van der Waals surface area contributed by atoms with Crippen molar-refractivity contribution in [2.24, 2.45) is 0 Å². The van der Waals surface area contributed by atoms with Gasteiger partial charge in [-0.05, 0) is 37.6 Å². The van der Waals surface area contributed by atoms with Crippen LogP contribution in [-0.2, 0) is 0 Å². The number of nitrogens with one attached hydrogen (secondary N) is 1. The number of benzene rings is 1. The lowest BCUT2D eigenvalue weighted by atomic mass is 10.2. The van der Waals surface area contributed by atoms with E-state index in [1.165, 1.54) is 12.1 Å². The van der Waals surface area contributed by atoms with Crippen LogP contribution in [0.3, 0.4) is 0 Å². The first-order chi connectivity index (χ1) is 8.74. The van der Waals surface area contributed by atoms with Gasteiger partial charge in [-0.25, -0.2) is 4.39 Å². The molecule has 18 heavy (non-hydrogen) atoms. The van der Waals surface area contributed by atoms with Crippen LogP contribution in [0.15, 0.2) is 22.7 Å². The quantitative estimate of drug-likeness (QED) is 0.909. The van der Waals surface area contributed by atoms with Crippen LogP contribution >= 0.6 is 11.6 Å². The minimum absolute atomic E-state index is 0.0833. The molecule has 1 saturated heterocycles. The van der Waals surface area contributed by atoms with Crippen molar-refractivity contribution >= 4 is 11.6 Å². The predicted molar refractivity (Wildman–Crippen MR) is 64.7 cm³/mol. The Hall–Kier alpha value is -1.46. The zero-order valence-electron chi connectivity index (χ0n) is 9.49. The monoisotopic (exact) mass is 267 g/mol. The molecule has 1 unspecified atom stereocenters. The maximum atomic E-state index is 13.3. The summed E-state index contributed by atoms with van der Waals surface area (Å²) in [6, 6.07) is 4.57. The summed E-state index contributed by atoms with van der Waals surface area (Å²) in [5, 5.41) is 7.22. The minimum Gasteiger partial charge on any atom is -0.337 e. The number of aromatic nitrogens is 2. The molecule has 0 saturated carbocycles. The normalized spacial score (nSPS) is 19.3. The number of hydrogen-bond acceptors (Lipinski definition) is 4. The Morgan fingerprint density at radius 1 is 1.44 bits per heavy atom. The topological polar surface area (TPSA) is 51.0 Å². The Morgan fingerprint density at radius 3 is 3.06 bits per heavy atom. The average Bonchev–Trinajstić information content (AvgIpc) is 3.01. The maximum Gasteiger partial charge on any atom is 0.244 e. The van der Waals surface area contributed by atoms with Gasteiger partial charge in [0.25, 0.3) is 0 Å². The van der Waals surface area contributed by atoms with Gasteiger partial charge in [0, 0.05) is 5.56 Å². The van der Waals surface area contributed by atoms with Gasteiger partial charge in [0.05, 0.1) is 11.1 Å². The number of nitrogens with zero attached hydrogens (tertiary/aromatic N) is 2. The second-order valence-electron chi connectivity index (χ2n) is 4.23. The van der Waals surface area contributed by atoms with Crippen molar-refractivity contribution < 1.29 is 8.91 Å². The van der Waals surface area contributed by atoms with E-state index in [9.17, 15) is 4.39 Å². The van der Waals surface area contributed by atoms with Gasteiger partial charge in [-0.1, -0.05) is 16.8 Å². The Kier molecular flexibility index (Phi) is 3.01. The van der Waals surface area contributed by atoms with Crippen LogP contribution in [0.25, 0.3) is 11.4 Å². The predicted octanol–water partition coefficient (Wildman–Crippen LogP) is 2.95. The van der Waals surface area contributed by atoms with Crippen LogP contribution in [0, 0.1) is 5.82 Å². The van der Waals surface area contributed by atoms with E-state index in [2.05, 4.69) is 15.5 Å². The number of rotatable bonds is 2. The highest BCUT2D eigenvalue weighted by Gasteiger charge is 2.22. The molecule has 1 aliphatic rings. The summed E-state index contributed by atoms with van der Waals surface area (Å²) in [5.41, 5.74) is 0.560. The molecule has 1 atom stereocenters. The molecule has 4 nitrogen and oxygen atoms in total. The van der Waals surface area contributed by atoms with Crippen LogP contribution in [-0.4, -0.2) is 16.7 Å². The molecule has 3 rings (SSSR count). The van der Waals surface area contributed by atoms with Gasteiger partial charge in [-0.15, -0.1) is 0 Å². The fourth-order valence-electron chi connectivity index (χ4n) is 2.02. The van der Waals surface area contributed by atoms with E-state index in [-0.39, 0.29) is 11.1 Å². The zero-order chi connectivity index (χ0) is 12.5. The second-order valence-corrected chi connectivity index (χ2v) is 4.64. The molecule has 0 aliphatic carbocycles. The van der Waals surface area contributed by atoms with Crippen molar-refractivity contribution in [1.29, 1.82) is 0 Å². The van der Waals surface area contributed by atoms with E-state index in [0.29, 0.717) is 17.3 Å². The smallest absolute Gasteiger partial charge is 0.244 e. The molecule has 1 N–H and O–H groups in total. The van der Waals surface area contributed by atoms with Gasteiger partial charge in [-0.3, -0.25) is 0 Å². The van der Waals surface area contributed by atoms with Crippen molar-refractivity contribution in [2.75, 3.05) is 6.54 Å². The minimum atomic E-state index is -0.487. The van der Waals surface area contributed by atoms with Crippen LogP contribution in [0.5, 0.6) is 0 Å². The van der Waals surface area contributed by atoms with Crippen LogP contribution in [0.1, 0.15) is 24.8 Å². The first-order valence-corrected chi connectivity index (χ1v) is 6.14. The molecule has 1 aromatic heterocycles. The van der Waals surface area contributed by atoms with E-state index >= 15 is 0 Å². The van der Waals surface area contributed by atoms with Gasteiger partial charge < -0.3 is 9.84 Å². The van der Waals surface area contributed by atoms with Crippen molar-refractivity contribution in [1.82, 2.24) is 15.5 Å². The van der Waals surface area contributed by atoms with E-state index in [1.807, 2.05) is 0 Å². The van der Waals surface area contributed by atoms with Crippen molar-refractivity contribution in [3.8, 4) is 11.4 Å². The van der Waals surface area contributed by atoms with Crippen LogP contribution in [0.2, 0.25) is 5.02 Å². The molecule has 0 amide bonds. The lowest BCUT2D eigenvalue weighted by Gasteiger charge is -2.01. The lowest BCUT2D eigenvalue weighted by molar-refractivity contribution is 0.345. The van der Waals surface area contributed by atoms with Crippen LogP contribution in [0.4, 0.5) is 4.39 Å². The van der Waals surface area contributed by atoms with Gasteiger partial charge in [0.15, 0.2) is 0 Å². The molecule has 0 spiro atoms. The summed E-state index contributed by atoms with van der Waals surface area (Å²) < 4.78 is 18.5. The van der Waals surface area contributed by atoms with E-state index in [1.54, 1.807) is 6.07 Å². The molecule has 94 valence electrons. The SMILES string of the molecule is Fc1cc(-c2noc(C3CCCN3)n2)ccc1Cl. The fourth-order valence-corrected chi connectivity index (χ4v) is 2.14. The molecule has 1 aliphatic heterocycles. The molecule has 6 heteroatoms. The molecule has 0 radical (unpaired) electrons. The molecule has 2 aromatic rings. The van der Waals surface area contributed by atoms with Gasteiger partial charge in [0.1, 0.15) is 5.82 Å². The van der Waals surface area contributed by atoms with E-state index in [4.69, 9.17) is 16.1 Å². The molecular formula is C12H11ClFN3O. The highest BCUT2D eigenvalue weighted by molar-refractivity contribution is 6.30. The highest BCUT2D eigenvalue weighted by atomic mass is 35.5. The Morgan fingerprint density at radius 2 is 2.33 bits per heavy atom. The summed E-state index contributed by atoms with van der Waals surface area (Å²) in [4.78, 5) is 4.28. The number of halogens is 2. The summed E-state index contributed by atoms with van der Waals surface area (Å²) in [6.07, 6.45) is 2.08. The summed E-state index contributed by atoms with van der Waals surface area (Å²) >= 11 is 5.63. The maximum absolute atomic E-state index is 13.3. The molecule has 1 aromatic carbocycles. The summed E-state index contributed by atoms with van der Waals surface area (Å²) in [7, 11) is 0. The first-order valence-electron chi connectivity index (χ1n) is 5.76. The number of hydrogen-bond donors (Lipinski definition) is 1. The van der Waals surface area contributed by atoms with Gasteiger partial charge in [-0.2, -0.15) is 4.98 Å². The molecule has 1 fully saturated rings. The van der Waals surface area contributed by atoms with Crippen molar-refractivity contribution in [3.63, 3.8) is 0 Å². The Bertz CT molecular complexity index is 566. The average molecular weight is 268 g/mol. The zero-order valence-corrected chi connectivity index (χ0v) is 10.2. The van der Waals surface area contributed by atoms with Gasteiger partial charge >= 0.3 is 0 Å². The summed E-state index contributed by atoms with van der Waals surface area (Å²) in [6.45, 7) is 0.956.